The summed E-state index contributed by atoms with van der Waals surface area (Å²) in [7, 11) is 1.52. The predicted octanol–water partition coefficient (Wildman–Crippen LogP) is 4.37. The summed E-state index contributed by atoms with van der Waals surface area (Å²) in [6, 6.07) is 12.8. The Morgan fingerprint density at radius 2 is 2.07 bits per heavy atom. The number of aromatic nitrogens is 2. The Kier molecular flexibility index (Phi) is 5.76. The number of hydrogen-bond acceptors (Lipinski definition) is 5. The van der Waals surface area contributed by atoms with Crippen LogP contribution in [0.25, 0.3) is 11.4 Å². The molecule has 3 rings (SSSR count). The SMILES string of the molecule is CCN(Cc1nc(-c2cccc(C)c2)no1)C(=O)c1cc(Cl)ccc1OC. The Morgan fingerprint density at radius 3 is 2.78 bits per heavy atom. The van der Waals surface area contributed by atoms with Crippen LogP contribution in [0.4, 0.5) is 0 Å². The second-order valence-electron chi connectivity index (χ2n) is 6.05. The van der Waals surface area contributed by atoms with E-state index in [1.807, 2.05) is 38.1 Å². The molecule has 2 aromatic carbocycles. The lowest BCUT2D eigenvalue weighted by atomic mass is 10.1. The Labute approximate surface area is 162 Å². The van der Waals surface area contributed by atoms with Crippen molar-refractivity contribution in [2.75, 3.05) is 13.7 Å². The fraction of sp³-hybridized carbons (Fsp3) is 0.250. The second kappa shape index (κ2) is 8.22. The largest absolute Gasteiger partial charge is 0.496 e. The topological polar surface area (TPSA) is 68.5 Å². The molecule has 1 heterocycles. The highest BCUT2D eigenvalue weighted by molar-refractivity contribution is 6.31. The fourth-order valence-corrected chi connectivity index (χ4v) is 2.90. The van der Waals surface area contributed by atoms with Crippen LogP contribution in [0.2, 0.25) is 5.02 Å². The highest BCUT2D eigenvalue weighted by atomic mass is 35.5. The molecule has 0 radical (unpaired) electrons. The third-order valence-corrected chi connectivity index (χ3v) is 4.37. The van der Waals surface area contributed by atoms with E-state index in [1.54, 1.807) is 23.1 Å². The van der Waals surface area contributed by atoms with Crippen molar-refractivity contribution in [3.63, 3.8) is 0 Å². The number of carbonyl (C=O) groups excluding carboxylic acids is 1. The Hall–Kier alpha value is -2.86. The third kappa shape index (κ3) is 4.28. The van der Waals surface area contributed by atoms with E-state index in [0.29, 0.717) is 34.6 Å². The molecule has 3 aromatic rings. The standard InChI is InChI=1S/C20H20ClN3O3/c1-4-24(20(25)16-11-15(21)8-9-17(16)26-3)12-18-22-19(23-27-18)14-7-5-6-13(2)10-14/h5-11H,4,12H2,1-3H3. The van der Waals surface area contributed by atoms with Gasteiger partial charge in [-0.3, -0.25) is 4.79 Å². The van der Waals surface area contributed by atoms with Gasteiger partial charge in [-0.05, 0) is 38.1 Å². The van der Waals surface area contributed by atoms with Gasteiger partial charge in [-0.25, -0.2) is 0 Å². The first kappa shape index (κ1) is 18.9. The van der Waals surface area contributed by atoms with Crippen molar-refractivity contribution in [3.8, 4) is 17.1 Å². The van der Waals surface area contributed by atoms with Gasteiger partial charge in [0.05, 0.1) is 12.7 Å². The Balaban J connectivity index is 1.82. The minimum absolute atomic E-state index is 0.198. The summed E-state index contributed by atoms with van der Waals surface area (Å²) in [5, 5.41) is 4.49. The molecular weight excluding hydrogens is 366 g/mol. The normalized spacial score (nSPS) is 10.7. The van der Waals surface area contributed by atoms with Crippen LogP contribution in [0, 0.1) is 6.92 Å². The first-order valence-corrected chi connectivity index (χ1v) is 8.92. The van der Waals surface area contributed by atoms with Gasteiger partial charge < -0.3 is 14.2 Å². The van der Waals surface area contributed by atoms with Gasteiger partial charge in [-0.15, -0.1) is 0 Å². The van der Waals surface area contributed by atoms with E-state index < -0.39 is 0 Å². The molecule has 0 atom stereocenters. The minimum Gasteiger partial charge on any atom is -0.496 e. The van der Waals surface area contributed by atoms with Gasteiger partial charge in [0.2, 0.25) is 11.7 Å². The van der Waals surface area contributed by atoms with E-state index in [4.69, 9.17) is 20.9 Å². The first-order chi connectivity index (χ1) is 13.0. The Bertz CT molecular complexity index is 955. The number of methoxy groups -OCH3 is 1. The zero-order chi connectivity index (χ0) is 19.4. The van der Waals surface area contributed by atoms with Crippen LogP contribution in [-0.2, 0) is 6.54 Å². The molecule has 6 nitrogen and oxygen atoms in total. The van der Waals surface area contributed by atoms with Crippen LogP contribution in [0.5, 0.6) is 5.75 Å². The highest BCUT2D eigenvalue weighted by Crippen LogP contribution is 2.25. The molecule has 0 bridgehead atoms. The van der Waals surface area contributed by atoms with Crippen molar-refractivity contribution in [2.24, 2.45) is 0 Å². The van der Waals surface area contributed by atoms with Crippen molar-refractivity contribution >= 4 is 17.5 Å². The second-order valence-corrected chi connectivity index (χ2v) is 6.48. The van der Waals surface area contributed by atoms with Crippen molar-refractivity contribution < 1.29 is 14.1 Å². The number of nitrogens with zero attached hydrogens (tertiary/aromatic N) is 3. The van der Waals surface area contributed by atoms with Crippen molar-refractivity contribution in [2.45, 2.75) is 20.4 Å². The van der Waals surface area contributed by atoms with E-state index in [1.165, 1.54) is 7.11 Å². The van der Waals surface area contributed by atoms with Gasteiger partial charge in [0.25, 0.3) is 5.91 Å². The van der Waals surface area contributed by atoms with Crippen molar-refractivity contribution in [1.82, 2.24) is 15.0 Å². The molecular formula is C20H20ClN3O3. The molecule has 0 unspecified atom stereocenters. The monoisotopic (exact) mass is 385 g/mol. The first-order valence-electron chi connectivity index (χ1n) is 8.54. The number of ether oxygens (including phenoxy) is 1. The summed E-state index contributed by atoms with van der Waals surface area (Å²) in [5.41, 5.74) is 2.37. The van der Waals surface area contributed by atoms with Gasteiger partial charge in [-0.2, -0.15) is 4.98 Å². The smallest absolute Gasteiger partial charge is 0.258 e. The zero-order valence-electron chi connectivity index (χ0n) is 15.4. The molecule has 1 aromatic heterocycles. The van der Waals surface area contributed by atoms with E-state index in [9.17, 15) is 4.79 Å². The van der Waals surface area contributed by atoms with E-state index >= 15 is 0 Å². The van der Waals surface area contributed by atoms with Crippen molar-refractivity contribution in [1.29, 1.82) is 0 Å². The number of hydrogen-bond donors (Lipinski definition) is 0. The number of benzene rings is 2. The van der Waals surface area contributed by atoms with Gasteiger partial charge in [0, 0.05) is 17.1 Å². The average Bonchev–Trinajstić information content (AvgIpc) is 3.14. The molecule has 0 aliphatic carbocycles. The third-order valence-electron chi connectivity index (χ3n) is 4.13. The molecule has 0 aliphatic heterocycles. The summed E-state index contributed by atoms with van der Waals surface area (Å²) in [6.07, 6.45) is 0. The van der Waals surface area contributed by atoms with Crippen LogP contribution in [0.1, 0.15) is 28.7 Å². The number of amides is 1. The maximum absolute atomic E-state index is 12.9. The molecule has 0 aliphatic rings. The number of rotatable bonds is 6. The summed E-state index contributed by atoms with van der Waals surface area (Å²) >= 11 is 6.04. The Morgan fingerprint density at radius 1 is 1.26 bits per heavy atom. The maximum atomic E-state index is 12.9. The molecule has 27 heavy (non-hydrogen) atoms. The lowest BCUT2D eigenvalue weighted by molar-refractivity contribution is 0.0731. The fourth-order valence-electron chi connectivity index (χ4n) is 2.73. The quantitative estimate of drug-likeness (QED) is 0.630. The molecule has 0 saturated carbocycles. The number of halogens is 1. The molecule has 0 spiro atoms. The summed E-state index contributed by atoms with van der Waals surface area (Å²) in [5.74, 6) is 1.11. The zero-order valence-corrected chi connectivity index (χ0v) is 16.2. The van der Waals surface area contributed by atoms with E-state index in [-0.39, 0.29) is 12.5 Å². The van der Waals surface area contributed by atoms with E-state index in [0.717, 1.165) is 11.1 Å². The number of carbonyl (C=O) groups is 1. The molecule has 7 heteroatoms. The highest BCUT2D eigenvalue weighted by Gasteiger charge is 2.21. The van der Waals surface area contributed by atoms with Crippen LogP contribution in [0.15, 0.2) is 47.0 Å². The minimum atomic E-state index is -0.216. The molecule has 140 valence electrons. The lowest BCUT2D eigenvalue weighted by Crippen LogP contribution is -2.30. The summed E-state index contributed by atoms with van der Waals surface area (Å²) < 4.78 is 10.6. The molecule has 1 amide bonds. The van der Waals surface area contributed by atoms with Crippen LogP contribution >= 0.6 is 11.6 Å². The summed E-state index contributed by atoms with van der Waals surface area (Å²) in [4.78, 5) is 18.9. The van der Waals surface area contributed by atoms with Gasteiger partial charge in [0.1, 0.15) is 12.3 Å². The van der Waals surface area contributed by atoms with Gasteiger partial charge in [-0.1, -0.05) is 40.5 Å². The van der Waals surface area contributed by atoms with Crippen LogP contribution < -0.4 is 4.74 Å². The lowest BCUT2D eigenvalue weighted by Gasteiger charge is -2.20. The van der Waals surface area contributed by atoms with E-state index in [2.05, 4.69) is 10.1 Å². The average molecular weight is 386 g/mol. The molecule has 0 saturated heterocycles. The molecule has 0 N–H and O–H groups in total. The number of aryl methyl sites for hydroxylation is 1. The predicted molar refractivity (Wildman–Crippen MR) is 103 cm³/mol. The van der Waals surface area contributed by atoms with Crippen LogP contribution in [0.3, 0.4) is 0 Å². The van der Waals surface area contributed by atoms with Gasteiger partial charge >= 0.3 is 0 Å². The van der Waals surface area contributed by atoms with Crippen molar-refractivity contribution in [3.05, 3.63) is 64.5 Å². The maximum Gasteiger partial charge on any atom is 0.258 e. The van der Waals surface area contributed by atoms with Crippen LogP contribution in [-0.4, -0.2) is 34.6 Å². The van der Waals surface area contributed by atoms with Gasteiger partial charge in [0.15, 0.2) is 0 Å². The molecule has 0 fully saturated rings. The summed E-state index contributed by atoms with van der Waals surface area (Å²) in [6.45, 7) is 4.55.